The highest BCUT2D eigenvalue weighted by atomic mass is 79.9. The highest BCUT2D eigenvalue weighted by molar-refractivity contribution is 7.88. The molecule has 0 aliphatic carbocycles. The third-order valence-corrected chi connectivity index (χ3v) is 16.9. The van der Waals surface area contributed by atoms with E-state index in [1.54, 1.807) is 0 Å². The van der Waals surface area contributed by atoms with E-state index in [1.807, 2.05) is 6.08 Å². The summed E-state index contributed by atoms with van der Waals surface area (Å²) >= 11 is 0. The van der Waals surface area contributed by atoms with Gasteiger partial charge in [-0.25, -0.2) is 0 Å². The van der Waals surface area contributed by atoms with Gasteiger partial charge >= 0.3 is 7.87 Å². The summed E-state index contributed by atoms with van der Waals surface area (Å²) in [5.41, 5.74) is 0. The smallest absolute Gasteiger partial charge is 0.399 e. The van der Waals surface area contributed by atoms with Crippen molar-refractivity contribution in [1.82, 2.24) is 35.0 Å². The normalized spacial score (nSPS) is 18.4. The molecule has 1 aliphatic rings. The van der Waals surface area contributed by atoms with Gasteiger partial charge in [-0.15, -0.1) is 16.8 Å². The largest absolute Gasteiger partial charge is 1.00 e. The number of rotatable bonds is 20. The van der Waals surface area contributed by atoms with Gasteiger partial charge in [0.1, 0.15) is 0 Å². The maximum atomic E-state index is 5.82. The predicted octanol–water partition coefficient (Wildman–Crippen LogP) is 4.54. The summed E-state index contributed by atoms with van der Waals surface area (Å²) in [6.07, 6.45) is 2.02. The van der Waals surface area contributed by atoms with Crippen molar-refractivity contribution in [3.63, 3.8) is 0 Å². The SMILES string of the molecule is C=CCN1P(NCC(C)C)(NCC(C)C)=N[P+](NCC(C)C)(NCC(C)C)N=P1(NCC(C)C)NCC(C)C.[Br-]. The van der Waals surface area contributed by atoms with E-state index in [0.717, 1.165) is 39.3 Å². The van der Waals surface area contributed by atoms with E-state index in [9.17, 15) is 0 Å². The summed E-state index contributed by atoms with van der Waals surface area (Å²) in [5.74, 6) is 2.92. The minimum Gasteiger partial charge on any atom is -1.00 e. The first-order valence-electron chi connectivity index (χ1n) is 15.2. The molecule has 0 atom stereocenters. The van der Waals surface area contributed by atoms with Crippen molar-refractivity contribution in [3.05, 3.63) is 12.7 Å². The second kappa shape index (κ2) is 19.3. The lowest BCUT2D eigenvalue weighted by Gasteiger charge is -2.47. The Bertz CT molecular complexity index is 738. The van der Waals surface area contributed by atoms with E-state index in [-0.39, 0.29) is 17.0 Å². The Morgan fingerprint density at radius 2 is 0.850 bits per heavy atom. The van der Waals surface area contributed by atoms with Crippen molar-refractivity contribution in [2.24, 2.45) is 44.5 Å². The van der Waals surface area contributed by atoms with E-state index < -0.39 is 22.9 Å². The van der Waals surface area contributed by atoms with Gasteiger partial charge in [-0.1, -0.05) is 89.2 Å². The number of hydrogen-bond donors (Lipinski definition) is 6. The minimum atomic E-state index is -2.52. The molecule has 0 fully saturated rings. The molecule has 240 valence electrons. The molecule has 1 aliphatic heterocycles. The van der Waals surface area contributed by atoms with Crippen molar-refractivity contribution >= 4 is 22.9 Å². The first-order chi connectivity index (χ1) is 18.1. The highest BCUT2D eigenvalue weighted by Gasteiger charge is 2.55. The van der Waals surface area contributed by atoms with Crippen molar-refractivity contribution < 1.29 is 17.0 Å². The fourth-order valence-corrected chi connectivity index (χ4v) is 18.2. The molecule has 0 bridgehead atoms. The third-order valence-electron chi connectivity index (χ3n) is 5.80. The lowest BCUT2D eigenvalue weighted by molar-refractivity contribution is -0.0000103. The molecular formula is C27H65BrN9P3. The molecule has 40 heavy (non-hydrogen) atoms. The Hall–Kier alpha value is 0.830. The number of nitrogens with one attached hydrogen (secondary N) is 6. The Labute approximate surface area is 260 Å². The number of halogens is 1. The molecule has 13 heteroatoms. The Kier molecular flexibility index (Phi) is 19.7. The lowest BCUT2D eigenvalue weighted by Crippen LogP contribution is -3.00. The van der Waals surface area contributed by atoms with Crippen LogP contribution >= 0.6 is 22.9 Å². The summed E-state index contributed by atoms with van der Waals surface area (Å²) in [6.45, 7) is 37.3. The van der Waals surface area contributed by atoms with Crippen LogP contribution in [0.25, 0.3) is 0 Å². The van der Waals surface area contributed by atoms with Gasteiger partial charge in [0.25, 0.3) is 0 Å². The van der Waals surface area contributed by atoms with E-state index in [0.29, 0.717) is 42.1 Å². The van der Waals surface area contributed by atoms with Crippen molar-refractivity contribution in [2.75, 3.05) is 45.8 Å². The van der Waals surface area contributed by atoms with Crippen LogP contribution in [-0.2, 0) is 0 Å². The summed E-state index contributed by atoms with van der Waals surface area (Å²) in [6, 6.07) is 0. The van der Waals surface area contributed by atoms with Crippen LogP contribution in [0.1, 0.15) is 83.1 Å². The molecule has 9 nitrogen and oxygen atoms in total. The minimum absolute atomic E-state index is 0. The zero-order valence-corrected chi connectivity index (χ0v) is 32.0. The average Bonchev–Trinajstić information content (AvgIpc) is 2.83. The van der Waals surface area contributed by atoms with Crippen LogP contribution in [0.5, 0.6) is 0 Å². The van der Waals surface area contributed by atoms with Gasteiger partial charge in [0.2, 0.25) is 15.0 Å². The fourth-order valence-electron chi connectivity index (χ4n) is 3.63. The maximum absolute atomic E-state index is 5.82. The van der Waals surface area contributed by atoms with Crippen LogP contribution in [-0.4, -0.2) is 50.3 Å². The summed E-state index contributed by atoms with van der Waals surface area (Å²) in [5, 5.41) is 24.0. The molecule has 0 spiro atoms. The molecule has 0 aromatic rings. The monoisotopic (exact) mass is 687 g/mol. The molecule has 0 radical (unpaired) electrons. The summed E-state index contributed by atoms with van der Waals surface area (Å²) in [7, 11) is -7.45. The van der Waals surface area contributed by atoms with E-state index in [1.165, 1.54) is 0 Å². The Morgan fingerprint density at radius 3 is 1.07 bits per heavy atom. The average molecular weight is 689 g/mol. The lowest BCUT2D eigenvalue weighted by atomic mass is 10.2. The fraction of sp³-hybridized carbons (Fsp3) is 0.926. The maximum Gasteiger partial charge on any atom is 0.399 e. The number of hydrogen-bond acceptors (Lipinski definition) is 9. The molecular weight excluding hydrogens is 623 g/mol. The third kappa shape index (κ3) is 13.6. The number of nitrogens with zero attached hydrogens (tertiary/aromatic N) is 3. The molecule has 0 aromatic heterocycles. The second-order valence-corrected chi connectivity index (χ2v) is 21.6. The standard InChI is InChI=1S/C27H65N9P3.BrH/c1-14-15-36-38(30-18-24(6)7,31-19-25(8)9)34-37(28-16-22(2)3,29-17-23(4)5)35-39(36,32-20-26(10)11)33-21-27(12)13;/h14,22-33H,1,15-21H2,2-13H3;1H/q+1;/p-1. The molecule has 0 saturated carbocycles. The van der Waals surface area contributed by atoms with Crippen LogP contribution in [0.2, 0.25) is 0 Å². The van der Waals surface area contributed by atoms with E-state index >= 15 is 0 Å². The molecule has 0 amide bonds. The van der Waals surface area contributed by atoms with Crippen LogP contribution in [0.4, 0.5) is 0 Å². The van der Waals surface area contributed by atoms with Gasteiger partial charge in [0.15, 0.2) is 0 Å². The first kappa shape index (κ1) is 40.8. The van der Waals surface area contributed by atoms with Crippen molar-refractivity contribution in [2.45, 2.75) is 83.1 Å². The molecule has 0 unspecified atom stereocenters. The van der Waals surface area contributed by atoms with Gasteiger partial charge in [-0.05, 0) is 44.5 Å². The molecule has 1 heterocycles. The Morgan fingerprint density at radius 1 is 0.575 bits per heavy atom. The quantitative estimate of drug-likeness (QED) is 0.0827. The first-order valence-corrected chi connectivity index (χ1v) is 20.3. The van der Waals surface area contributed by atoms with E-state index in [4.69, 9.17) is 9.03 Å². The second-order valence-electron chi connectivity index (χ2n) is 13.4. The zero-order valence-electron chi connectivity index (χ0n) is 27.8. The van der Waals surface area contributed by atoms with Gasteiger partial charge in [0.05, 0.1) is 0 Å². The van der Waals surface area contributed by atoms with E-state index in [2.05, 4.69) is 125 Å². The molecule has 1 rings (SSSR count). The predicted molar refractivity (Wildman–Crippen MR) is 180 cm³/mol. The van der Waals surface area contributed by atoms with Crippen LogP contribution in [0.3, 0.4) is 0 Å². The van der Waals surface area contributed by atoms with Gasteiger partial charge in [-0.3, -0.25) is 20.3 Å². The molecule has 0 aromatic carbocycles. The van der Waals surface area contributed by atoms with Crippen LogP contribution in [0, 0.1) is 35.5 Å². The highest BCUT2D eigenvalue weighted by Crippen LogP contribution is 2.78. The van der Waals surface area contributed by atoms with Gasteiger partial charge in [0, 0.05) is 45.8 Å². The topological polar surface area (TPSA) is 100 Å². The van der Waals surface area contributed by atoms with Crippen molar-refractivity contribution in [1.29, 1.82) is 0 Å². The van der Waals surface area contributed by atoms with Crippen LogP contribution < -0.4 is 47.5 Å². The zero-order chi connectivity index (χ0) is 29.9. The Balaban J connectivity index is 0.0000152. The van der Waals surface area contributed by atoms with Crippen molar-refractivity contribution in [3.8, 4) is 0 Å². The summed E-state index contributed by atoms with van der Waals surface area (Å²) in [4.78, 5) is 0. The molecule has 0 saturated heterocycles. The van der Waals surface area contributed by atoms with Crippen LogP contribution in [0.15, 0.2) is 21.7 Å². The molecule has 6 N–H and O–H groups in total. The van der Waals surface area contributed by atoms with Gasteiger partial charge in [-0.2, -0.15) is 4.44 Å². The van der Waals surface area contributed by atoms with Gasteiger partial charge < -0.3 is 17.0 Å². The summed E-state index contributed by atoms with van der Waals surface area (Å²) < 4.78 is 14.2.